The molecule has 0 unspecified atom stereocenters. The van der Waals surface area contributed by atoms with Gasteiger partial charge in [0.25, 0.3) is 0 Å². The molecule has 27 heavy (non-hydrogen) atoms. The van der Waals surface area contributed by atoms with Crippen LogP contribution in [0.2, 0.25) is 5.02 Å². The third-order valence-electron chi connectivity index (χ3n) is 5.19. The monoisotopic (exact) mass is 405 g/mol. The Morgan fingerprint density at radius 1 is 1.37 bits per heavy atom. The summed E-state index contributed by atoms with van der Waals surface area (Å²) >= 11 is 7.56. The van der Waals surface area contributed by atoms with Crippen molar-refractivity contribution in [2.24, 2.45) is 5.92 Å². The maximum absolute atomic E-state index is 12.5. The number of aryl methyl sites for hydroxylation is 1. The van der Waals surface area contributed by atoms with E-state index < -0.39 is 0 Å². The first-order valence-corrected chi connectivity index (χ1v) is 10.9. The van der Waals surface area contributed by atoms with Gasteiger partial charge in [0.05, 0.1) is 17.1 Å². The summed E-state index contributed by atoms with van der Waals surface area (Å²) in [5.74, 6) is 0.716. The highest BCUT2D eigenvalue weighted by Gasteiger charge is 2.23. The molecule has 0 bridgehead atoms. The Labute approximate surface area is 171 Å². The van der Waals surface area contributed by atoms with Crippen LogP contribution in [0.3, 0.4) is 0 Å². The lowest BCUT2D eigenvalue weighted by atomic mass is 9.97. The SMILES string of the molecule is Cc1nc(CC(=O)N(C)C[C@H]2CCCN(CCc3ccc(Cl)cc3)C2)cs1. The van der Waals surface area contributed by atoms with E-state index in [-0.39, 0.29) is 5.91 Å². The minimum absolute atomic E-state index is 0.165. The molecule has 2 aromatic rings. The highest BCUT2D eigenvalue weighted by Crippen LogP contribution is 2.19. The predicted octanol–water partition coefficient (Wildman–Crippen LogP) is 4.06. The number of likely N-dealkylation sites (tertiary alicyclic amines) is 1. The second-order valence-corrected chi connectivity index (χ2v) is 8.99. The van der Waals surface area contributed by atoms with Crippen molar-refractivity contribution in [3.63, 3.8) is 0 Å². The number of likely N-dealkylation sites (N-methyl/N-ethyl adjacent to an activating group) is 1. The van der Waals surface area contributed by atoms with Crippen LogP contribution in [0.25, 0.3) is 0 Å². The number of thiazole rings is 1. The predicted molar refractivity (Wildman–Crippen MR) is 113 cm³/mol. The van der Waals surface area contributed by atoms with E-state index in [1.807, 2.05) is 36.4 Å². The normalized spacial score (nSPS) is 17.8. The first kappa shape index (κ1) is 20.3. The van der Waals surface area contributed by atoms with Crippen molar-refractivity contribution >= 4 is 28.8 Å². The Morgan fingerprint density at radius 2 is 2.15 bits per heavy atom. The minimum Gasteiger partial charge on any atom is -0.345 e. The lowest BCUT2D eigenvalue weighted by Gasteiger charge is -2.34. The van der Waals surface area contributed by atoms with Gasteiger partial charge in [0, 0.05) is 37.1 Å². The molecule has 0 spiro atoms. The molecule has 146 valence electrons. The Kier molecular flexibility index (Phi) is 7.27. The van der Waals surface area contributed by atoms with E-state index in [4.69, 9.17) is 11.6 Å². The van der Waals surface area contributed by atoms with Crippen LogP contribution in [0.1, 0.15) is 29.1 Å². The number of hydrogen-bond donors (Lipinski definition) is 0. The van der Waals surface area contributed by atoms with Gasteiger partial charge in [0.1, 0.15) is 0 Å². The molecule has 0 saturated carbocycles. The van der Waals surface area contributed by atoms with Crippen molar-refractivity contribution in [3.8, 4) is 0 Å². The van der Waals surface area contributed by atoms with Gasteiger partial charge < -0.3 is 9.80 Å². The fourth-order valence-corrected chi connectivity index (χ4v) is 4.45. The molecule has 1 aliphatic heterocycles. The molecule has 4 nitrogen and oxygen atoms in total. The fraction of sp³-hybridized carbons (Fsp3) is 0.524. The zero-order valence-corrected chi connectivity index (χ0v) is 17.7. The number of hydrogen-bond acceptors (Lipinski definition) is 4. The molecular formula is C21H28ClN3OS. The van der Waals surface area contributed by atoms with E-state index in [0.29, 0.717) is 12.3 Å². The highest BCUT2D eigenvalue weighted by molar-refractivity contribution is 7.09. The topological polar surface area (TPSA) is 36.4 Å². The molecule has 2 heterocycles. The quantitative estimate of drug-likeness (QED) is 0.696. The summed E-state index contributed by atoms with van der Waals surface area (Å²) in [5.41, 5.74) is 2.22. The molecular weight excluding hydrogens is 378 g/mol. The Bertz CT molecular complexity index is 746. The number of halogens is 1. The van der Waals surface area contributed by atoms with Gasteiger partial charge in [-0.15, -0.1) is 11.3 Å². The molecule has 0 N–H and O–H groups in total. The van der Waals surface area contributed by atoms with Crippen molar-refractivity contribution in [2.45, 2.75) is 32.6 Å². The minimum atomic E-state index is 0.165. The van der Waals surface area contributed by atoms with Gasteiger partial charge in [-0.3, -0.25) is 4.79 Å². The van der Waals surface area contributed by atoms with Crippen LogP contribution in [-0.2, 0) is 17.6 Å². The van der Waals surface area contributed by atoms with E-state index in [9.17, 15) is 4.79 Å². The lowest BCUT2D eigenvalue weighted by Crippen LogP contribution is -2.42. The van der Waals surface area contributed by atoms with E-state index in [1.54, 1.807) is 11.3 Å². The van der Waals surface area contributed by atoms with Crippen molar-refractivity contribution in [1.82, 2.24) is 14.8 Å². The van der Waals surface area contributed by atoms with E-state index in [1.165, 1.54) is 18.4 Å². The number of rotatable bonds is 7. The van der Waals surface area contributed by atoms with Crippen LogP contribution < -0.4 is 0 Å². The van der Waals surface area contributed by atoms with Gasteiger partial charge in [-0.2, -0.15) is 0 Å². The van der Waals surface area contributed by atoms with Gasteiger partial charge in [-0.1, -0.05) is 23.7 Å². The standard InChI is InChI=1S/C21H28ClN3OS/c1-16-23-20(15-27-16)12-21(26)24(2)13-18-4-3-10-25(14-18)11-9-17-5-7-19(22)8-6-17/h5-8,15,18H,3-4,9-14H2,1-2H3/t18-/m1/s1. The zero-order chi connectivity index (χ0) is 19.2. The second-order valence-electron chi connectivity index (χ2n) is 7.49. The summed E-state index contributed by atoms with van der Waals surface area (Å²) in [5, 5.41) is 3.79. The smallest absolute Gasteiger partial charge is 0.228 e. The van der Waals surface area contributed by atoms with Crippen molar-refractivity contribution in [3.05, 3.63) is 50.9 Å². The van der Waals surface area contributed by atoms with Gasteiger partial charge in [-0.05, 0) is 56.3 Å². The summed E-state index contributed by atoms with van der Waals surface area (Å²) < 4.78 is 0. The third kappa shape index (κ3) is 6.30. The lowest BCUT2D eigenvalue weighted by molar-refractivity contribution is -0.130. The molecule has 6 heteroatoms. The van der Waals surface area contributed by atoms with Crippen LogP contribution in [-0.4, -0.2) is 53.9 Å². The molecule has 1 amide bonds. The van der Waals surface area contributed by atoms with Crippen LogP contribution in [0.5, 0.6) is 0 Å². The van der Waals surface area contributed by atoms with Crippen LogP contribution in [0.15, 0.2) is 29.6 Å². The first-order valence-electron chi connectivity index (χ1n) is 9.61. The summed E-state index contributed by atoms with van der Waals surface area (Å²) in [6, 6.07) is 8.13. The Morgan fingerprint density at radius 3 is 2.85 bits per heavy atom. The highest BCUT2D eigenvalue weighted by atomic mass is 35.5. The van der Waals surface area contributed by atoms with Gasteiger partial charge in [0.2, 0.25) is 5.91 Å². The second kappa shape index (κ2) is 9.67. The molecule has 3 rings (SSSR count). The molecule has 1 aromatic carbocycles. The first-order chi connectivity index (χ1) is 13.0. The molecule has 1 aliphatic rings. The fourth-order valence-electron chi connectivity index (χ4n) is 3.71. The summed E-state index contributed by atoms with van der Waals surface area (Å²) in [6.45, 7) is 6.09. The van der Waals surface area contributed by atoms with Crippen LogP contribution in [0.4, 0.5) is 0 Å². The number of piperidine rings is 1. The van der Waals surface area contributed by atoms with Crippen molar-refractivity contribution in [2.75, 3.05) is 33.2 Å². The van der Waals surface area contributed by atoms with Gasteiger partial charge in [0.15, 0.2) is 0 Å². The Balaban J connectivity index is 1.44. The number of benzene rings is 1. The summed E-state index contributed by atoms with van der Waals surface area (Å²) in [7, 11) is 1.92. The van der Waals surface area contributed by atoms with E-state index in [0.717, 1.165) is 48.3 Å². The van der Waals surface area contributed by atoms with E-state index in [2.05, 4.69) is 22.0 Å². The molecule has 0 radical (unpaired) electrons. The summed E-state index contributed by atoms with van der Waals surface area (Å²) in [4.78, 5) is 21.3. The van der Waals surface area contributed by atoms with Crippen LogP contribution >= 0.6 is 22.9 Å². The molecule has 1 fully saturated rings. The maximum Gasteiger partial charge on any atom is 0.228 e. The average Bonchev–Trinajstić information content (AvgIpc) is 3.06. The largest absolute Gasteiger partial charge is 0.345 e. The Hall–Kier alpha value is -1.43. The molecule has 1 aromatic heterocycles. The van der Waals surface area contributed by atoms with Gasteiger partial charge in [-0.25, -0.2) is 4.98 Å². The number of nitrogens with zero attached hydrogens (tertiary/aromatic N) is 3. The van der Waals surface area contributed by atoms with Gasteiger partial charge >= 0.3 is 0 Å². The molecule has 0 aliphatic carbocycles. The zero-order valence-electron chi connectivity index (χ0n) is 16.2. The third-order valence-corrected chi connectivity index (χ3v) is 6.26. The number of carbonyl (C=O) groups excluding carboxylic acids is 1. The average molecular weight is 406 g/mol. The van der Waals surface area contributed by atoms with Crippen molar-refractivity contribution in [1.29, 1.82) is 0 Å². The number of carbonyl (C=O) groups is 1. The van der Waals surface area contributed by atoms with E-state index >= 15 is 0 Å². The summed E-state index contributed by atoms with van der Waals surface area (Å²) in [6.07, 6.45) is 3.86. The van der Waals surface area contributed by atoms with Crippen LogP contribution in [0, 0.1) is 12.8 Å². The maximum atomic E-state index is 12.5. The number of aromatic nitrogens is 1. The number of amides is 1. The van der Waals surface area contributed by atoms with Crippen molar-refractivity contribution < 1.29 is 4.79 Å². The molecule has 1 saturated heterocycles. The molecule has 1 atom stereocenters.